The van der Waals surface area contributed by atoms with Crippen molar-refractivity contribution >= 4 is 0 Å². The van der Waals surface area contributed by atoms with Crippen LogP contribution in [-0.2, 0) is 4.74 Å². The normalized spacial score (nSPS) is 21.6. The highest BCUT2D eigenvalue weighted by atomic mass is 16.5. The number of aromatic nitrogens is 2. The van der Waals surface area contributed by atoms with Gasteiger partial charge in [-0.05, 0) is 32.2 Å². The molecule has 0 aliphatic carbocycles. The van der Waals surface area contributed by atoms with Gasteiger partial charge in [-0.2, -0.15) is 0 Å². The summed E-state index contributed by atoms with van der Waals surface area (Å²) in [7, 11) is 0. The van der Waals surface area contributed by atoms with Gasteiger partial charge in [-0.3, -0.25) is 9.97 Å². The van der Waals surface area contributed by atoms with E-state index in [1.54, 1.807) is 12.4 Å². The Labute approximate surface area is 103 Å². The van der Waals surface area contributed by atoms with Crippen LogP contribution < -0.4 is 5.32 Å². The van der Waals surface area contributed by atoms with E-state index in [4.69, 9.17) is 4.74 Å². The Hall–Kier alpha value is -1.00. The second-order valence-electron chi connectivity index (χ2n) is 4.51. The molecule has 1 saturated heterocycles. The smallest absolute Gasteiger partial charge is 0.0757 e. The Morgan fingerprint density at radius 1 is 1.53 bits per heavy atom. The maximum Gasteiger partial charge on any atom is 0.0757 e. The summed E-state index contributed by atoms with van der Waals surface area (Å²) in [6.45, 7) is 4.09. The Balaban J connectivity index is 1.97. The molecule has 1 aromatic heterocycles. The molecule has 0 amide bonds. The molecule has 1 aliphatic rings. The molecule has 0 radical (unpaired) electrons. The predicted molar refractivity (Wildman–Crippen MR) is 66.7 cm³/mol. The van der Waals surface area contributed by atoms with Crippen LogP contribution in [0.15, 0.2) is 18.6 Å². The van der Waals surface area contributed by atoms with Crippen molar-refractivity contribution in [2.75, 3.05) is 13.2 Å². The van der Waals surface area contributed by atoms with Gasteiger partial charge in [0.2, 0.25) is 0 Å². The number of hydrogen-bond donors (Lipinski definition) is 1. The molecule has 94 valence electrons. The molecule has 0 saturated carbocycles. The van der Waals surface area contributed by atoms with Crippen molar-refractivity contribution in [3.63, 3.8) is 0 Å². The first-order chi connectivity index (χ1) is 8.40. The second kappa shape index (κ2) is 6.67. The summed E-state index contributed by atoms with van der Waals surface area (Å²) in [5, 5.41) is 3.53. The van der Waals surface area contributed by atoms with Gasteiger partial charge >= 0.3 is 0 Å². The average molecular weight is 235 g/mol. The summed E-state index contributed by atoms with van der Waals surface area (Å²) in [6, 6.07) is 0.270. The summed E-state index contributed by atoms with van der Waals surface area (Å²) in [4.78, 5) is 8.54. The third-order valence-electron chi connectivity index (χ3n) is 3.10. The second-order valence-corrected chi connectivity index (χ2v) is 4.51. The minimum Gasteiger partial charge on any atom is -0.378 e. The monoisotopic (exact) mass is 235 g/mol. The van der Waals surface area contributed by atoms with Crippen molar-refractivity contribution in [2.24, 2.45) is 0 Å². The fourth-order valence-electron chi connectivity index (χ4n) is 2.21. The van der Waals surface area contributed by atoms with Crippen molar-refractivity contribution in [2.45, 2.75) is 44.8 Å². The van der Waals surface area contributed by atoms with Crippen LogP contribution in [0.2, 0.25) is 0 Å². The Kier molecular flexibility index (Phi) is 4.88. The van der Waals surface area contributed by atoms with Crippen molar-refractivity contribution in [1.29, 1.82) is 0 Å². The van der Waals surface area contributed by atoms with Crippen LogP contribution in [0.4, 0.5) is 0 Å². The summed E-state index contributed by atoms with van der Waals surface area (Å²) in [6.07, 6.45) is 10.2. The highest BCUT2D eigenvalue weighted by Crippen LogP contribution is 2.23. The van der Waals surface area contributed by atoms with E-state index in [9.17, 15) is 0 Å². The lowest BCUT2D eigenvalue weighted by atomic mass is 10.0. The number of hydrogen-bond acceptors (Lipinski definition) is 4. The summed E-state index contributed by atoms with van der Waals surface area (Å²) in [5.41, 5.74) is 1.02. The van der Waals surface area contributed by atoms with Crippen LogP contribution in [0.1, 0.15) is 44.3 Å². The number of nitrogens with one attached hydrogen (secondary N) is 1. The molecule has 17 heavy (non-hydrogen) atoms. The van der Waals surface area contributed by atoms with Gasteiger partial charge in [0.15, 0.2) is 0 Å². The molecule has 4 nitrogen and oxygen atoms in total. The van der Waals surface area contributed by atoms with Gasteiger partial charge in [0, 0.05) is 25.2 Å². The van der Waals surface area contributed by atoms with Gasteiger partial charge in [-0.1, -0.05) is 6.92 Å². The molecule has 2 atom stereocenters. The van der Waals surface area contributed by atoms with Gasteiger partial charge in [0.05, 0.1) is 17.8 Å². The summed E-state index contributed by atoms with van der Waals surface area (Å²) < 4.78 is 5.70. The molecule has 0 bridgehead atoms. The van der Waals surface area contributed by atoms with E-state index < -0.39 is 0 Å². The van der Waals surface area contributed by atoms with Gasteiger partial charge in [-0.15, -0.1) is 0 Å². The van der Waals surface area contributed by atoms with E-state index in [0.717, 1.165) is 31.7 Å². The van der Waals surface area contributed by atoms with Gasteiger partial charge in [0.25, 0.3) is 0 Å². The van der Waals surface area contributed by atoms with Crippen molar-refractivity contribution < 1.29 is 4.74 Å². The molecule has 1 aliphatic heterocycles. The average Bonchev–Trinajstić information content (AvgIpc) is 2.88. The Morgan fingerprint density at radius 3 is 3.12 bits per heavy atom. The lowest BCUT2D eigenvalue weighted by Gasteiger charge is -2.20. The van der Waals surface area contributed by atoms with E-state index in [2.05, 4.69) is 22.2 Å². The first-order valence-corrected chi connectivity index (χ1v) is 6.51. The molecule has 2 rings (SSSR count). The van der Waals surface area contributed by atoms with Crippen LogP contribution in [0, 0.1) is 0 Å². The van der Waals surface area contributed by atoms with Crippen molar-refractivity contribution in [3.8, 4) is 0 Å². The maximum atomic E-state index is 5.70. The zero-order valence-electron chi connectivity index (χ0n) is 10.4. The highest BCUT2D eigenvalue weighted by Gasteiger charge is 2.22. The lowest BCUT2D eigenvalue weighted by Crippen LogP contribution is -2.27. The predicted octanol–water partition coefficient (Wildman–Crippen LogP) is 2.09. The minimum absolute atomic E-state index is 0.270. The largest absolute Gasteiger partial charge is 0.378 e. The molecular formula is C13H21N3O. The molecule has 1 fully saturated rings. The molecule has 2 unspecified atom stereocenters. The maximum absolute atomic E-state index is 5.70. The third-order valence-corrected chi connectivity index (χ3v) is 3.10. The van der Waals surface area contributed by atoms with E-state index in [-0.39, 0.29) is 6.04 Å². The van der Waals surface area contributed by atoms with E-state index in [0.29, 0.717) is 6.10 Å². The van der Waals surface area contributed by atoms with E-state index in [1.165, 1.54) is 12.8 Å². The summed E-state index contributed by atoms with van der Waals surface area (Å²) in [5.74, 6) is 0. The van der Waals surface area contributed by atoms with Crippen molar-refractivity contribution in [3.05, 3.63) is 24.3 Å². The molecule has 1 N–H and O–H groups in total. The Morgan fingerprint density at radius 2 is 2.47 bits per heavy atom. The zero-order valence-corrected chi connectivity index (χ0v) is 10.4. The standard InChI is InChI=1S/C13H21N3O/c1-2-5-15-12(9-11-4-3-8-17-11)13-10-14-6-7-16-13/h6-7,10-12,15H,2-5,8-9H2,1H3. The fourth-order valence-corrected chi connectivity index (χ4v) is 2.21. The van der Waals surface area contributed by atoms with Gasteiger partial charge in [0.1, 0.15) is 0 Å². The van der Waals surface area contributed by atoms with Gasteiger partial charge in [-0.25, -0.2) is 0 Å². The first kappa shape index (κ1) is 12.5. The third kappa shape index (κ3) is 3.75. The highest BCUT2D eigenvalue weighted by molar-refractivity contribution is 5.03. The van der Waals surface area contributed by atoms with E-state index >= 15 is 0 Å². The number of ether oxygens (including phenoxy) is 1. The SMILES string of the molecule is CCCNC(CC1CCCO1)c1cnccn1. The fraction of sp³-hybridized carbons (Fsp3) is 0.692. The molecule has 4 heteroatoms. The first-order valence-electron chi connectivity index (χ1n) is 6.51. The molecule has 0 spiro atoms. The minimum atomic E-state index is 0.270. The number of rotatable bonds is 6. The number of nitrogens with zero attached hydrogens (tertiary/aromatic N) is 2. The lowest BCUT2D eigenvalue weighted by molar-refractivity contribution is 0.0941. The van der Waals surface area contributed by atoms with Crippen LogP contribution in [0.25, 0.3) is 0 Å². The molecule has 0 aromatic carbocycles. The topological polar surface area (TPSA) is 47.0 Å². The van der Waals surface area contributed by atoms with Crippen LogP contribution in [-0.4, -0.2) is 29.2 Å². The van der Waals surface area contributed by atoms with Crippen LogP contribution in [0.3, 0.4) is 0 Å². The zero-order chi connectivity index (χ0) is 11.9. The van der Waals surface area contributed by atoms with E-state index in [1.807, 2.05) is 6.20 Å². The van der Waals surface area contributed by atoms with Crippen molar-refractivity contribution in [1.82, 2.24) is 15.3 Å². The summed E-state index contributed by atoms with van der Waals surface area (Å²) >= 11 is 0. The van der Waals surface area contributed by atoms with Crippen LogP contribution >= 0.6 is 0 Å². The quantitative estimate of drug-likeness (QED) is 0.820. The van der Waals surface area contributed by atoms with Gasteiger partial charge < -0.3 is 10.1 Å². The Bertz CT molecular complexity index is 312. The molecule has 2 heterocycles. The van der Waals surface area contributed by atoms with Crippen LogP contribution in [0.5, 0.6) is 0 Å². The molecular weight excluding hydrogens is 214 g/mol. The molecule has 1 aromatic rings.